The molecule has 37 heavy (non-hydrogen) atoms. The van der Waals surface area contributed by atoms with E-state index < -0.39 is 5.92 Å². The Bertz CT molecular complexity index is 1490. The zero-order chi connectivity index (χ0) is 25.9. The van der Waals surface area contributed by atoms with Crippen molar-refractivity contribution in [1.82, 2.24) is 14.9 Å². The summed E-state index contributed by atoms with van der Waals surface area (Å²) in [6.07, 6.45) is 5.18. The van der Waals surface area contributed by atoms with Crippen molar-refractivity contribution >= 4 is 40.0 Å². The molecule has 2 heterocycles. The van der Waals surface area contributed by atoms with Crippen molar-refractivity contribution in [2.45, 2.75) is 31.4 Å². The molecular weight excluding hydrogens is 492 g/mol. The number of benzene rings is 2. The number of aromatic amines is 1. The van der Waals surface area contributed by atoms with Gasteiger partial charge in [0.05, 0.1) is 17.0 Å². The highest BCUT2D eigenvalue weighted by molar-refractivity contribution is 6.35. The highest BCUT2D eigenvalue weighted by Crippen LogP contribution is 2.29. The fraction of sp³-hybridized carbons (Fsp3) is 0.250. The average molecular weight is 519 g/mol. The largest absolute Gasteiger partial charge is 0.381 e. The molecule has 1 fully saturated rings. The Morgan fingerprint density at radius 2 is 1.89 bits per heavy atom. The highest BCUT2D eigenvalue weighted by atomic mass is 35.5. The smallest absolute Gasteiger partial charge is 0.255 e. The number of hydrogen-bond acceptors (Lipinski definition) is 4. The predicted octanol–water partition coefficient (Wildman–Crippen LogP) is 4.52. The summed E-state index contributed by atoms with van der Waals surface area (Å²) < 4.78 is 7.07. The van der Waals surface area contributed by atoms with E-state index >= 15 is 0 Å². The summed E-state index contributed by atoms with van der Waals surface area (Å²) in [5.74, 6) is -0.907. The fourth-order valence-electron chi connectivity index (χ4n) is 4.87. The van der Waals surface area contributed by atoms with Crippen LogP contribution < -0.4 is 16.2 Å². The lowest BCUT2D eigenvalue weighted by molar-refractivity contribution is -0.123. The first-order chi connectivity index (χ1) is 17.9. The number of anilines is 1. The molecule has 2 aromatic carbocycles. The molecule has 190 valence electrons. The van der Waals surface area contributed by atoms with Crippen molar-refractivity contribution in [1.29, 1.82) is 0 Å². The number of nitrogens with one attached hydrogen (secondary N) is 3. The van der Waals surface area contributed by atoms with Crippen LogP contribution >= 0.6 is 11.6 Å². The van der Waals surface area contributed by atoms with Crippen LogP contribution in [-0.4, -0.2) is 40.6 Å². The molecule has 4 aromatic rings. The SMILES string of the molecule is CO[C@H]1CC[C@@H](NC(=O)c2ccc3c(Cl)c[nH]c3c2)[C@@H](C(=O)Nc2ccc(-n3ccccc3=O)cc2)C1. The molecule has 5 rings (SSSR count). The van der Waals surface area contributed by atoms with E-state index in [4.69, 9.17) is 16.3 Å². The number of H-pyrrole nitrogens is 1. The van der Waals surface area contributed by atoms with Crippen LogP contribution in [-0.2, 0) is 9.53 Å². The first-order valence-electron chi connectivity index (χ1n) is 12.1. The zero-order valence-electron chi connectivity index (χ0n) is 20.2. The number of methoxy groups -OCH3 is 1. The Kier molecular flexibility index (Phi) is 7.12. The molecule has 0 aliphatic heterocycles. The summed E-state index contributed by atoms with van der Waals surface area (Å²) in [7, 11) is 1.64. The van der Waals surface area contributed by atoms with Gasteiger partial charge in [-0.2, -0.15) is 0 Å². The van der Waals surface area contributed by atoms with Gasteiger partial charge < -0.3 is 20.4 Å². The van der Waals surface area contributed by atoms with Crippen LogP contribution in [0.3, 0.4) is 0 Å². The van der Waals surface area contributed by atoms with Gasteiger partial charge in [-0.3, -0.25) is 19.0 Å². The maximum atomic E-state index is 13.4. The van der Waals surface area contributed by atoms with Crippen LogP contribution in [0, 0.1) is 5.92 Å². The lowest BCUT2D eigenvalue weighted by atomic mass is 9.81. The van der Waals surface area contributed by atoms with Crippen molar-refractivity contribution in [2.75, 3.05) is 12.4 Å². The van der Waals surface area contributed by atoms with Gasteiger partial charge in [-0.05, 0) is 61.7 Å². The molecule has 0 saturated heterocycles. The molecule has 0 bridgehead atoms. The number of hydrogen-bond donors (Lipinski definition) is 3. The second-order valence-corrected chi connectivity index (χ2v) is 9.61. The summed E-state index contributed by atoms with van der Waals surface area (Å²) >= 11 is 6.15. The van der Waals surface area contributed by atoms with E-state index in [2.05, 4.69) is 15.6 Å². The number of carbonyl (C=O) groups is 2. The molecule has 2 aromatic heterocycles. The number of pyridine rings is 1. The summed E-state index contributed by atoms with van der Waals surface area (Å²) in [4.78, 5) is 41.6. The van der Waals surface area contributed by atoms with Crippen molar-refractivity contribution in [3.8, 4) is 5.69 Å². The monoisotopic (exact) mass is 518 g/mol. The number of aromatic nitrogens is 2. The van der Waals surface area contributed by atoms with Gasteiger partial charge in [0.2, 0.25) is 5.91 Å². The number of ether oxygens (including phenoxy) is 1. The number of rotatable bonds is 6. The van der Waals surface area contributed by atoms with Crippen LogP contribution in [0.4, 0.5) is 5.69 Å². The molecule has 1 aliphatic carbocycles. The third-order valence-corrected chi connectivity index (χ3v) is 7.23. The molecule has 0 unspecified atom stereocenters. The normalized spacial score (nSPS) is 19.5. The Balaban J connectivity index is 1.30. The van der Waals surface area contributed by atoms with Crippen molar-refractivity contribution in [3.05, 3.63) is 94.0 Å². The summed E-state index contributed by atoms with van der Waals surface area (Å²) in [5, 5.41) is 7.48. The highest BCUT2D eigenvalue weighted by Gasteiger charge is 2.36. The zero-order valence-corrected chi connectivity index (χ0v) is 21.0. The molecular formula is C28H27ClN4O4. The summed E-state index contributed by atoms with van der Waals surface area (Å²) in [6.45, 7) is 0. The minimum absolute atomic E-state index is 0.0614. The quantitative estimate of drug-likeness (QED) is 0.349. The summed E-state index contributed by atoms with van der Waals surface area (Å²) in [5.41, 5.74) is 2.44. The van der Waals surface area contributed by atoms with Gasteiger partial charge >= 0.3 is 0 Å². The van der Waals surface area contributed by atoms with Crippen molar-refractivity contribution < 1.29 is 14.3 Å². The van der Waals surface area contributed by atoms with Crippen molar-refractivity contribution in [3.63, 3.8) is 0 Å². The number of amides is 2. The third-order valence-electron chi connectivity index (χ3n) is 6.92. The van der Waals surface area contributed by atoms with Crippen LogP contribution in [0.25, 0.3) is 16.6 Å². The third kappa shape index (κ3) is 5.30. The number of halogens is 1. The van der Waals surface area contributed by atoms with Crippen LogP contribution in [0.1, 0.15) is 29.6 Å². The molecule has 3 atom stereocenters. The topological polar surface area (TPSA) is 105 Å². The summed E-state index contributed by atoms with van der Waals surface area (Å²) in [6, 6.07) is 17.0. The minimum atomic E-state index is -0.470. The lowest BCUT2D eigenvalue weighted by Gasteiger charge is -2.35. The van der Waals surface area contributed by atoms with E-state index in [1.54, 1.807) is 68.0 Å². The van der Waals surface area contributed by atoms with E-state index in [9.17, 15) is 14.4 Å². The Hall–Kier alpha value is -3.88. The number of fused-ring (bicyclic) bond motifs is 1. The fourth-order valence-corrected chi connectivity index (χ4v) is 5.09. The van der Waals surface area contributed by atoms with E-state index in [0.717, 1.165) is 17.3 Å². The Labute approximate surface area is 218 Å². The minimum Gasteiger partial charge on any atom is -0.381 e. The standard InChI is InChI=1S/C28H27ClN4O4/c1-37-20-10-12-24(32-27(35)17-5-11-21-23(29)16-30-25(21)14-17)22(15-20)28(36)31-18-6-8-19(9-7-18)33-13-3-2-4-26(33)34/h2-9,11,13-14,16,20,22,24,30H,10,12,15H2,1H3,(H,31,36)(H,32,35)/t20-,22-,24+/m0/s1. The van der Waals surface area contributed by atoms with Crippen LogP contribution in [0.2, 0.25) is 5.02 Å². The van der Waals surface area contributed by atoms with E-state index in [1.807, 2.05) is 6.07 Å². The maximum Gasteiger partial charge on any atom is 0.255 e. The molecule has 8 nitrogen and oxygen atoms in total. The Morgan fingerprint density at radius 1 is 1.08 bits per heavy atom. The maximum absolute atomic E-state index is 13.4. The van der Waals surface area contributed by atoms with Gasteiger partial charge in [0.25, 0.3) is 11.5 Å². The molecule has 3 N–H and O–H groups in total. The average Bonchev–Trinajstić information content (AvgIpc) is 3.29. The second kappa shape index (κ2) is 10.6. The van der Waals surface area contributed by atoms with Crippen LogP contribution in [0.15, 0.2) is 77.9 Å². The van der Waals surface area contributed by atoms with Gasteiger partial charge in [0, 0.05) is 59.5 Å². The molecule has 0 radical (unpaired) electrons. The predicted molar refractivity (Wildman–Crippen MR) is 143 cm³/mol. The second-order valence-electron chi connectivity index (χ2n) is 9.20. The first kappa shape index (κ1) is 24.8. The number of nitrogens with zero attached hydrogens (tertiary/aromatic N) is 1. The van der Waals surface area contributed by atoms with Crippen molar-refractivity contribution in [2.24, 2.45) is 5.92 Å². The van der Waals surface area contributed by atoms with Gasteiger partial charge in [-0.1, -0.05) is 23.7 Å². The number of carbonyl (C=O) groups excluding carboxylic acids is 2. The van der Waals surface area contributed by atoms with E-state index in [1.165, 1.54) is 10.6 Å². The Morgan fingerprint density at radius 3 is 2.65 bits per heavy atom. The molecule has 1 aliphatic rings. The van der Waals surface area contributed by atoms with E-state index in [0.29, 0.717) is 34.8 Å². The van der Waals surface area contributed by atoms with E-state index in [-0.39, 0.29) is 29.5 Å². The molecule has 2 amide bonds. The molecule has 9 heteroatoms. The van der Waals surface area contributed by atoms with Gasteiger partial charge in [0.1, 0.15) is 0 Å². The molecule has 0 spiro atoms. The lowest BCUT2D eigenvalue weighted by Crippen LogP contribution is -2.49. The van der Waals surface area contributed by atoms with Gasteiger partial charge in [0.15, 0.2) is 0 Å². The molecule has 1 saturated carbocycles. The van der Waals surface area contributed by atoms with Crippen LogP contribution in [0.5, 0.6) is 0 Å². The first-order valence-corrected chi connectivity index (χ1v) is 12.5. The van der Waals surface area contributed by atoms with Gasteiger partial charge in [-0.15, -0.1) is 0 Å². The van der Waals surface area contributed by atoms with Gasteiger partial charge in [-0.25, -0.2) is 0 Å².